The van der Waals surface area contributed by atoms with Crippen molar-refractivity contribution < 1.29 is 44.5 Å². The Balaban J connectivity index is 1.15. The van der Waals surface area contributed by atoms with Gasteiger partial charge in [0.25, 0.3) is 5.91 Å². The number of hydrogen-bond acceptors (Lipinski definition) is 11. The number of carbonyl (C=O) groups is 1. The Labute approximate surface area is 316 Å². The van der Waals surface area contributed by atoms with Crippen molar-refractivity contribution >= 4 is 24.9 Å². The summed E-state index contributed by atoms with van der Waals surface area (Å²) in [6.07, 6.45) is -4.49. The summed E-state index contributed by atoms with van der Waals surface area (Å²) in [6.45, 7) is 7.65. The number of benzene rings is 3. The van der Waals surface area contributed by atoms with Gasteiger partial charge in [-0.1, -0.05) is 85.0 Å². The lowest BCUT2D eigenvalue weighted by Crippen LogP contribution is -2.60. The van der Waals surface area contributed by atoms with Crippen molar-refractivity contribution in [2.75, 3.05) is 19.0 Å². The van der Waals surface area contributed by atoms with E-state index in [2.05, 4.69) is 47.8 Å². The van der Waals surface area contributed by atoms with Crippen molar-refractivity contribution in [1.29, 1.82) is 0 Å². The topological polar surface area (TPSA) is 189 Å². The standard InChI is InChI=1S/C40H52N4O9Si/c1-24-32(18-13-25-9-8-12-27(21-25)41-39(49)37-35(47)34(46)36(48)40(50)53-37)52-33(38(24)54(3,4)29-16-14-28(51-2)15-17-29)19-20-44-22-31(42-43-44)30(23-45)26-10-6-5-7-11-26/h5-12,14-17,21-22,24,30,32-38,40,45-48,50H,13,18-20,23H2,1-4H3,(H,41,49)/t24-,30?,32+,33-,34+,35+,36-,37+,38+,40-/m1/s1. The fraction of sp³-hybridized carbons (Fsp3) is 0.475. The summed E-state index contributed by atoms with van der Waals surface area (Å²) < 4.78 is 19.4. The molecule has 290 valence electrons. The fourth-order valence-corrected chi connectivity index (χ4v) is 12.3. The van der Waals surface area contributed by atoms with Gasteiger partial charge in [-0.2, -0.15) is 0 Å². The van der Waals surface area contributed by atoms with Gasteiger partial charge in [-0.15, -0.1) is 5.10 Å². The Bertz CT molecular complexity index is 1830. The largest absolute Gasteiger partial charge is 0.497 e. The van der Waals surface area contributed by atoms with Crippen molar-refractivity contribution in [2.45, 2.75) is 100 Å². The first kappa shape index (κ1) is 39.7. The summed E-state index contributed by atoms with van der Waals surface area (Å²) in [5.41, 5.74) is 3.45. The minimum Gasteiger partial charge on any atom is -0.497 e. The Hall–Kier alpha value is -3.99. The third kappa shape index (κ3) is 8.61. The molecule has 2 saturated heterocycles. The maximum absolute atomic E-state index is 13.0. The number of nitrogens with one attached hydrogen (secondary N) is 1. The first-order chi connectivity index (χ1) is 25.9. The molecule has 3 aromatic carbocycles. The van der Waals surface area contributed by atoms with E-state index in [0.717, 1.165) is 35.4 Å². The van der Waals surface area contributed by atoms with Gasteiger partial charge < -0.3 is 45.1 Å². The van der Waals surface area contributed by atoms with E-state index in [0.29, 0.717) is 24.2 Å². The zero-order chi connectivity index (χ0) is 38.6. The first-order valence-corrected chi connectivity index (χ1v) is 21.6. The minimum absolute atomic E-state index is 0.0217. The number of hydrogen-bond donors (Lipinski definition) is 6. The van der Waals surface area contributed by atoms with Gasteiger partial charge in [0.05, 0.1) is 45.6 Å². The predicted molar refractivity (Wildman–Crippen MR) is 204 cm³/mol. The Morgan fingerprint density at radius 3 is 2.37 bits per heavy atom. The van der Waals surface area contributed by atoms with Gasteiger partial charge in [0.15, 0.2) is 12.4 Å². The van der Waals surface area contributed by atoms with E-state index in [1.54, 1.807) is 13.2 Å². The van der Waals surface area contributed by atoms with Crippen LogP contribution in [0, 0.1) is 5.92 Å². The van der Waals surface area contributed by atoms with Crippen molar-refractivity contribution in [3.8, 4) is 5.75 Å². The van der Waals surface area contributed by atoms with E-state index in [1.165, 1.54) is 5.19 Å². The van der Waals surface area contributed by atoms with Crippen LogP contribution in [-0.4, -0.2) is 111 Å². The highest BCUT2D eigenvalue weighted by atomic mass is 28.3. The minimum atomic E-state index is -2.11. The van der Waals surface area contributed by atoms with Crippen LogP contribution in [0.3, 0.4) is 0 Å². The second kappa shape index (κ2) is 17.2. The molecule has 13 nitrogen and oxygen atoms in total. The number of rotatable bonds is 14. The van der Waals surface area contributed by atoms with Gasteiger partial charge >= 0.3 is 0 Å². The number of aliphatic hydroxyl groups is 5. The number of methoxy groups -OCH3 is 1. The first-order valence-electron chi connectivity index (χ1n) is 18.5. The molecular formula is C40H52N4O9Si. The molecule has 54 heavy (non-hydrogen) atoms. The maximum atomic E-state index is 13.0. The number of amides is 1. The molecule has 1 unspecified atom stereocenters. The van der Waals surface area contributed by atoms with Crippen molar-refractivity contribution in [2.24, 2.45) is 5.92 Å². The number of aliphatic hydroxyl groups excluding tert-OH is 5. The van der Waals surface area contributed by atoms with Crippen molar-refractivity contribution in [3.63, 3.8) is 0 Å². The van der Waals surface area contributed by atoms with Gasteiger partial charge in [0, 0.05) is 18.4 Å². The molecular weight excluding hydrogens is 709 g/mol. The van der Waals surface area contributed by atoms with Gasteiger partial charge in [-0.25, -0.2) is 0 Å². The molecule has 1 aromatic heterocycles. The second-order valence-corrected chi connectivity index (χ2v) is 19.7. The number of anilines is 1. The van der Waals surface area contributed by atoms with Crippen LogP contribution in [0.4, 0.5) is 5.69 Å². The molecule has 4 aromatic rings. The van der Waals surface area contributed by atoms with Crippen LogP contribution >= 0.6 is 0 Å². The molecule has 2 fully saturated rings. The molecule has 10 atom stereocenters. The number of aryl methyl sites for hydroxylation is 2. The van der Waals surface area contributed by atoms with Gasteiger partial charge in [-0.3, -0.25) is 9.48 Å². The van der Waals surface area contributed by atoms with Gasteiger partial charge in [-0.05, 0) is 66.1 Å². The molecule has 0 bridgehead atoms. The summed E-state index contributed by atoms with van der Waals surface area (Å²) in [5.74, 6) is 0.0699. The van der Waals surface area contributed by atoms with Crippen LogP contribution in [-0.2, 0) is 27.2 Å². The molecule has 0 radical (unpaired) electrons. The van der Waals surface area contributed by atoms with Gasteiger partial charge in [0.2, 0.25) is 0 Å². The quantitative estimate of drug-likeness (QED) is 0.104. The lowest BCUT2D eigenvalue weighted by atomic mass is 9.95. The van der Waals surface area contributed by atoms with Crippen LogP contribution in [0.25, 0.3) is 0 Å². The van der Waals surface area contributed by atoms with Crippen molar-refractivity contribution in [1.82, 2.24) is 15.0 Å². The third-order valence-corrected chi connectivity index (χ3v) is 15.7. The number of ether oxygens (including phenoxy) is 3. The van der Waals surface area contributed by atoms with E-state index in [4.69, 9.17) is 14.2 Å². The van der Waals surface area contributed by atoms with E-state index >= 15 is 0 Å². The number of aromatic nitrogens is 3. The highest BCUT2D eigenvalue weighted by Crippen LogP contribution is 2.46. The molecule has 0 spiro atoms. The molecule has 3 heterocycles. The molecule has 2 aliphatic rings. The summed E-state index contributed by atoms with van der Waals surface area (Å²) in [6, 6.07) is 25.6. The zero-order valence-corrected chi connectivity index (χ0v) is 32.1. The maximum Gasteiger partial charge on any atom is 0.256 e. The SMILES string of the molecule is COc1ccc([Si](C)(C)[C@H]2[C@H](C)[C@H](CCc3cccc(NC(=O)[C@H]4O[C@@H](O)[C@H](O)[C@@H](O)[C@@H]4O)c3)O[C@@H]2CCn2cc(C(CO)c3ccccc3)nn2)cc1. The zero-order valence-electron chi connectivity index (χ0n) is 31.1. The van der Waals surface area contributed by atoms with Crippen LogP contribution < -0.4 is 15.2 Å². The fourth-order valence-electron chi connectivity index (χ4n) is 8.22. The predicted octanol–water partition coefficient (Wildman–Crippen LogP) is 2.56. The van der Waals surface area contributed by atoms with Crippen LogP contribution in [0.5, 0.6) is 5.75 Å². The highest BCUT2D eigenvalue weighted by Gasteiger charge is 2.50. The summed E-state index contributed by atoms with van der Waals surface area (Å²) in [7, 11) is -0.441. The molecule has 2 aliphatic heterocycles. The third-order valence-electron chi connectivity index (χ3n) is 11.3. The molecule has 14 heteroatoms. The smallest absolute Gasteiger partial charge is 0.256 e. The molecule has 0 aliphatic carbocycles. The molecule has 0 saturated carbocycles. The van der Waals surface area contributed by atoms with E-state index in [1.807, 2.05) is 71.5 Å². The normalized spacial score (nSPS) is 27.8. The van der Waals surface area contributed by atoms with E-state index < -0.39 is 44.7 Å². The number of carbonyl (C=O) groups excluding carboxylic acids is 1. The highest BCUT2D eigenvalue weighted by molar-refractivity contribution is 6.91. The van der Waals surface area contributed by atoms with E-state index in [-0.39, 0.29) is 30.7 Å². The van der Waals surface area contributed by atoms with Gasteiger partial charge in [0.1, 0.15) is 24.1 Å². The van der Waals surface area contributed by atoms with Crippen LogP contribution in [0.1, 0.15) is 42.5 Å². The van der Waals surface area contributed by atoms with E-state index in [9.17, 15) is 30.3 Å². The Kier molecular flexibility index (Phi) is 12.7. The summed E-state index contributed by atoms with van der Waals surface area (Å²) >= 11 is 0. The lowest BCUT2D eigenvalue weighted by Gasteiger charge is -2.37. The van der Waals surface area contributed by atoms with Crippen LogP contribution in [0.2, 0.25) is 18.6 Å². The van der Waals surface area contributed by atoms with Crippen LogP contribution in [0.15, 0.2) is 85.1 Å². The lowest BCUT2D eigenvalue weighted by molar-refractivity contribution is -0.274. The molecule has 6 N–H and O–H groups in total. The average molecular weight is 761 g/mol. The average Bonchev–Trinajstić information content (AvgIpc) is 3.78. The summed E-state index contributed by atoms with van der Waals surface area (Å²) in [5, 5.41) is 63.0. The summed E-state index contributed by atoms with van der Waals surface area (Å²) in [4.78, 5) is 13.0. The Morgan fingerprint density at radius 2 is 1.67 bits per heavy atom. The Morgan fingerprint density at radius 1 is 0.926 bits per heavy atom. The molecule has 1 amide bonds. The monoisotopic (exact) mass is 760 g/mol. The number of nitrogens with zero attached hydrogens (tertiary/aromatic N) is 3. The second-order valence-electron chi connectivity index (χ2n) is 15.0. The van der Waals surface area contributed by atoms with Crippen molar-refractivity contribution in [3.05, 3.63) is 102 Å². The molecule has 6 rings (SSSR count).